The summed E-state index contributed by atoms with van der Waals surface area (Å²) < 4.78 is 0. The largest absolute Gasteiger partial charge is 0.477 e. The Morgan fingerprint density at radius 2 is 2.28 bits per heavy atom. The van der Waals surface area contributed by atoms with Crippen molar-refractivity contribution in [1.29, 1.82) is 0 Å². The van der Waals surface area contributed by atoms with Crippen molar-refractivity contribution < 1.29 is 9.90 Å². The number of thiophene rings is 1. The van der Waals surface area contributed by atoms with Gasteiger partial charge in [0.25, 0.3) is 0 Å². The summed E-state index contributed by atoms with van der Waals surface area (Å²) in [5.41, 5.74) is 5.48. The Morgan fingerprint density at radius 3 is 2.94 bits per heavy atom. The summed E-state index contributed by atoms with van der Waals surface area (Å²) in [7, 11) is 0. The summed E-state index contributed by atoms with van der Waals surface area (Å²) >= 11 is 1.31. The molecule has 1 aromatic heterocycles. The van der Waals surface area contributed by atoms with Crippen LogP contribution in [0.15, 0.2) is 47.7 Å². The maximum absolute atomic E-state index is 10.9. The van der Waals surface area contributed by atoms with E-state index in [2.05, 4.69) is 18.7 Å². The minimum Gasteiger partial charge on any atom is -0.477 e. The molecule has 0 saturated carbocycles. The van der Waals surface area contributed by atoms with E-state index >= 15 is 0 Å². The van der Waals surface area contributed by atoms with Crippen molar-refractivity contribution in [1.82, 2.24) is 0 Å². The van der Waals surface area contributed by atoms with Crippen molar-refractivity contribution in [2.75, 3.05) is 0 Å². The van der Waals surface area contributed by atoms with Crippen LogP contribution in [0.4, 0.5) is 0 Å². The van der Waals surface area contributed by atoms with Crippen LogP contribution >= 0.6 is 11.3 Å². The third-order valence-corrected chi connectivity index (χ3v) is 3.81. The smallest absolute Gasteiger partial charge is 0.345 e. The lowest BCUT2D eigenvalue weighted by Gasteiger charge is -2.01. The summed E-state index contributed by atoms with van der Waals surface area (Å²) in [4.78, 5) is 12.2. The van der Waals surface area contributed by atoms with E-state index in [1.165, 1.54) is 11.3 Å². The molecule has 0 amide bonds. The zero-order valence-electron chi connectivity index (χ0n) is 10.1. The van der Waals surface area contributed by atoms with Crippen LogP contribution in [0.3, 0.4) is 0 Å². The molecule has 0 atom stereocenters. The topological polar surface area (TPSA) is 37.3 Å². The van der Waals surface area contributed by atoms with Gasteiger partial charge in [0.1, 0.15) is 4.88 Å². The second-order valence-electron chi connectivity index (χ2n) is 3.92. The van der Waals surface area contributed by atoms with Crippen LogP contribution < -0.4 is 0 Å². The first-order chi connectivity index (χ1) is 8.70. The average Bonchev–Trinajstić information content (AvgIpc) is 2.79. The third kappa shape index (κ3) is 2.89. The van der Waals surface area contributed by atoms with Gasteiger partial charge in [-0.1, -0.05) is 25.2 Å². The van der Waals surface area contributed by atoms with Crippen LogP contribution in [0, 0.1) is 0 Å². The van der Waals surface area contributed by atoms with E-state index in [4.69, 9.17) is 5.11 Å². The lowest BCUT2D eigenvalue weighted by Crippen LogP contribution is -1.89. The van der Waals surface area contributed by atoms with Crippen molar-refractivity contribution >= 4 is 22.9 Å². The quantitative estimate of drug-likeness (QED) is 0.821. The molecule has 0 radical (unpaired) electrons. The van der Waals surface area contributed by atoms with E-state index in [0.29, 0.717) is 4.88 Å². The maximum atomic E-state index is 10.9. The maximum Gasteiger partial charge on any atom is 0.345 e. The molecular weight excluding hydrogens is 244 g/mol. The molecule has 0 aromatic carbocycles. The fourth-order valence-corrected chi connectivity index (χ4v) is 2.56. The van der Waals surface area contributed by atoms with Gasteiger partial charge in [-0.3, -0.25) is 0 Å². The molecule has 3 heteroatoms. The van der Waals surface area contributed by atoms with Gasteiger partial charge in [-0.2, -0.15) is 0 Å². The first-order valence-corrected chi connectivity index (χ1v) is 6.68. The fraction of sp³-hybridized carbons (Fsp3) is 0.200. The third-order valence-electron chi connectivity index (χ3n) is 2.69. The van der Waals surface area contributed by atoms with E-state index in [9.17, 15) is 4.79 Å². The van der Waals surface area contributed by atoms with Crippen molar-refractivity contribution in [3.8, 4) is 0 Å². The molecule has 0 bridgehead atoms. The van der Waals surface area contributed by atoms with Gasteiger partial charge in [-0.25, -0.2) is 4.79 Å². The molecule has 2 nitrogen and oxygen atoms in total. The summed E-state index contributed by atoms with van der Waals surface area (Å²) in [6.07, 6.45) is 9.95. The Balaban J connectivity index is 2.28. The highest BCUT2D eigenvalue weighted by atomic mass is 32.1. The monoisotopic (exact) mass is 258 g/mol. The molecule has 0 saturated heterocycles. The molecule has 1 N–H and O–H groups in total. The van der Waals surface area contributed by atoms with Crippen LogP contribution in [0.1, 0.15) is 34.3 Å². The molecule has 0 aliphatic heterocycles. The molecule has 18 heavy (non-hydrogen) atoms. The second-order valence-corrected chi connectivity index (χ2v) is 5.01. The minimum atomic E-state index is -0.865. The second kappa shape index (κ2) is 5.67. The van der Waals surface area contributed by atoms with E-state index in [-0.39, 0.29) is 0 Å². The van der Waals surface area contributed by atoms with Crippen molar-refractivity contribution in [2.24, 2.45) is 0 Å². The summed E-state index contributed by atoms with van der Waals surface area (Å²) in [6, 6.07) is 3.52. The number of carbonyl (C=O) groups is 1. The molecule has 1 aliphatic carbocycles. The predicted molar refractivity (Wildman–Crippen MR) is 74.9 cm³/mol. The van der Waals surface area contributed by atoms with Crippen molar-refractivity contribution in [3.63, 3.8) is 0 Å². The summed E-state index contributed by atoms with van der Waals surface area (Å²) in [5, 5.41) is 8.93. The first kappa shape index (κ1) is 12.6. The Kier molecular flexibility index (Phi) is 3.98. The Labute approximate surface area is 110 Å². The first-order valence-electron chi connectivity index (χ1n) is 5.86. The molecule has 0 fully saturated rings. The number of carboxylic acid groups (broad SMARTS) is 1. The molecular formula is C15H14O2S. The van der Waals surface area contributed by atoms with Gasteiger partial charge < -0.3 is 5.11 Å². The number of aromatic carboxylic acids is 1. The Morgan fingerprint density at radius 1 is 1.44 bits per heavy atom. The lowest BCUT2D eigenvalue weighted by molar-refractivity contribution is 0.0702. The van der Waals surface area contributed by atoms with Gasteiger partial charge in [0.15, 0.2) is 0 Å². The van der Waals surface area contributed by atoms with E-state index in [0.717, 1.165) is 28.9 Å². The average molecular weight is 258 g/mol. The molecule has 0 unspecified atom stereocenters. The SMILES string of the molecule is CCC1=C=CC/C=C(/c2ccc(C(=O)O)s2)C=C1. The van der Waals surface area contributed by atoms with Gasteiger partial charge in [-0.05, 0) is 42.2 Å². The van der Waals surface area contributed by atoms with Crippen LogP contribution in [0.5, 0.6) is 0 Å². The molecule has 1 aliphatic rings. The Bertz CT molecular complexity index is 581. The van der Waals surface area contributed by atoms with Crippen LogP contribution in [0.2, 0.25) is 0 Å². The zero-order valence-corrected chi connectivity index (χ0v) is 11.0. The molecule has 92 valence electrons. The standard InChI is InChI=1S/C15H14O2S/c1-2-11-5-3-4-6-12(8-7-11)13-9-10-14(18-13)15(16)17/h3,6-10H,2,4H2,1H3,(H,16,17)/b8-7?,12-6+. The minimum absolute atomic E-state index is 0.378. The predicted octanol–water partition coefficient (Wildman–Crippen LogP) is 4.28. The molecule has 1 aromatic rings. The van der Waals surface area contributed by atoms with Crippen molar-refractivity contribution in [2.45, 2.75) is 19.8 Å². The molecule has 1 heterocycles. The van der Waals surface area contributed by atoms with E-state index in [1.807, 2.05) is 24.3 Å². The zero-order chi connectivity index (χ0) is 13.0. The van der Waals surface area contributed by atoms with Gasteiger partial charge in [0.2, 0.25) is 0 Å². The van der Waals surface area contributed by atoms with E-state index < -0.39 is 5.97 Å². The lowest BCUT2D eigenvalue weighted by atomic mass is 10.1. The highest BCUT2D eigenvalue weighted by Crippen LogP contribution is 2.27. The highest BCUT2D eigenvalue weighted by molar-refractivity contribution is 7.15. The van der Waals surface area contributed by atoms with Gasteiger partial charge in [0, 0.05) is 4.88 Å². The normalized spacial score (nSPS) is 17.6. The number of hydrogen-bond acceptors (Lipinski definition) is 2. The number of hydrogen-bond donors (Lipinski definition) is 1. The fourth-order valence-electron chi connectivity index (χ4n) is 1.69. The summed E-state index contributed by atoms with van der Waals surface area (Å²) in [6.45, 7) is 2.10. The number of allylic oxidation sites excluding steroid dienone is 5. The molecule has 2 rings (SSSR count). The van der Waals surface area contributed by atoms with Crippen LogP contribution in [0.25, 0.3) is 5.57 Å². The van der Waals surface area contributed by atoms with Crippen molar-refractivity contribution in [3.05, 3.63) is 57.5 Å². The number of carboxylic acids is 1. The van der Waals surface area contributed by atoms with Crippen LogP contribution in [-0.2, 0) is 0 Å². The Hall–Kier alpha value is -1.83. The van der Waals surface area contributed by atoms with E-state index in [1.54, 1.807) is 6.07 Å². The molecule has 0 spiro atoms. The number of rotatable bonds is 3. The van der Waals surface area contributed by atoms with Gasteiger partial charge in [0.05, 0.1) is 0 Å². The van der Waals surface area contributed by atoms with Gasteiger partial charge >= 0.3 is 5.97 Å². The van der Waals surface area contributed by atoms with Crippen LogP contribution in [-0.4, -0.2) is 11.1 Å². The van der Waals surface area contributed by atoms with Gasteiger partial charge in [-0.15, -0.1) is 17.1 Å². The summed E-state index contributed by atoms with van der Waals surface area (Å²) in [5.74, 6) is -0.865. The highest BCUT2D eigenvalue weighted by Gasteiger charge is 2.08.